The number of carbonyl (C=O) groups is 4. The first-order valence-electron chi connectivity index (χ1n) is 7.48. The fourth-order valence-corrected chi connectivity index (χ4v) is 2.26. The van der Waals surface area contributed by atoms with Gasteiger partial charge < -0.3 is 21.3 Å². The first-order chi connectivity index (χ1) is 11.6. The molecular weight excluding hydrogens is 328 g/mol. The summed E-state index contributed by atoms with van der Waals surface area (Å²) in [5, 5.41) is 20.9. The van der Waals surface area contributed by atoms with E-state index in [4.69, 9.17) is 5.73 Å². The van der Waals surface area contributed by atoms with Crippen LogP contribution in [0.1, 0.15) is 29.8 Å². The molecule has 0 heterocycles. The molecule has 134 valence electrons. The van der Waals surface area contributed by atoms with Gasteiger partial charge in [-0.15, -0.1) is 0 Å². The minimum absolute atomic E-state index is 0.0850. The zero-order valence-electron chi connectivity index (χ0n) is 13.9. The molecule has 5 N–H and O–H groups in total. The molecule has 0 aromatic heterocycles. The van der Waals surface area contributed by atoms with Gasteiger partial charge in [0.15, 0.2) is 0 Å². The molecule has 0 fully saturated rings. The molecule has 2 amide bonds. The molecule has 1 rings (SSSR count). The van der Waals surface area contributed by atoms with Gasteiger partial charge in [-0.25, -0.2) is 9.59 Å². The minimum Gasteiger partial charge on any atom is -0.478 e. The molecule has 1 aromatic rings. The quantitative estimate of drug-likeness (QED) is 0.505. The van der Waals surface area contributed by atoms with Gasteiger partial charge in [0.2, 0.25) is 5.91 Å². The van der Waals surface area contributed by atoms with Crippen LogP contribution in [-0.2, 0) is 20.8 Å². The van der Waals surface area contributed by atoms with E-state index in [0.29, 0.717) is 5.56 Å². The highest BCUT2D eigenvalue weighted by Crippen LogP contribution is 2.20. The van der Waals surface area contributed by atoms with Crippen LogP contribution >= 0.6 is 0 Å². The Hall–Kier alpha value is -3.16. The first kappa shape index (κ1) is 19.9. The van der Waals surface area contributed by atoms with Crippen LogP contribution in [0, 0.1) is 5.92 Å². The normalized spacial score (nSPS) is 11.6. The summed E-state index contributed by atoms with van der Waals surface area (Å²) in [6, 6.07) is 5.98. The van der Waals surface area contributed by atoms with E-state index in [2.05, 4.69) is 5.32 Å². The fraction of sp³-hybridized carbons (Fsp3) is 0.294. The lowest BCUT2D eigenvalue weighted by Crippen LogP contribution is -2.33. The van der Waals surface area contributed by atoms with Gasteiger partial charge in [-0.3, -0.25) is 9.59 Å². The lowest BCUT2D eigenvalue weighted by molar-refractivity contribution is -0.136. The summed E-state index contributed by atoms with van der Waals surface area (Å²) in [5.41, 5.74) is 5.40. The number of carboxylic acid groups (broad SMARTS) is 2. The topological polar surface area (TPSA) is 147 Å². The van der Waals surface area contributed by atoms with E-state index in [0.717, 1.165) is 0 Å². The Morgan fingerprint density at radius 1 is 1.04 bits per heavy atom. The Balaban J connectivity index is 3.03. The predicted octanol–water partition coefficient (Wildman–Crippen LogP) is 0.566. The predicted molar refractivity (Wildman–Crippen MR) is 88.8 cm³/mol. The van der Waals surface area contributed by atoms with Gasteiger partial charge in [0.05, 0.1) is 17.7 Å². The Morgan fingerprint density at radius 3 is 2.00 bits per heavy atom. The maximum atomic E-state index is 11.8. The van der Waals surface area contributed by atoms with Crippen LogP contribution in [0.5, 0.6) is 0 Å². The second kappa shape index (κ2) is 8.62. The Bertz CT molecular complexity index is 719. The lowest BCUT2D eigenvalue weighted by atomic mass is 9.92. The highest BCUT2D eigenvalue weighted by atomic mass is 16.4. The molecule has 0 radical (unpaired) electrons. The monoisotopic (exact) mass is 348 g/mol. The SMILES string of the molecule is CC(C)/C(C(=O)O)=C(\Cc1ccc(C(=O)NCC(N)=O)cc1)C(=O)O. The number of primary amides is 1. The van der Waals surface area contributed by atoms with Crippen LogP contribution < -0.4 is 11.1 Å². The average molecular weight is 348 g/mol. The van der Waals surface area contributed by atoms with Crippen molar-refractivity contribution < 1.29 is 29.4 Å². The summed E-state index contributed by atoms with van der Waals surface area (Å²) in [7, 11) is 0. The van der Waals surface area contributed by atoms with Gasteiger partial charge in [0, 0.05) is 12.0 Å². The van der Waals surface area contributed by atoms with Crippen molar-refractivity contribution in [2.75, 3.05) is 6.54 Å². The van der Waals surface area contributed by atoms with Gasteiger partial charge in [-0.1, -0.05) is 26.0 Å². The fourth-order valence-electron chi connectivity index (χ4n) is 2.26. The van der Waals surface area contributed by atoms with Gasteiger partial charge in [-0.2, -0.15) is 0 Å². The molecular formula is C17H20N2O6. The van der Waals surface area contributed by atoms with Crippen molar-refractivity contribution in [3.63, 3.8) is 0 Å². The number of hydrogen-bond donors (Lipinski definition) is 4. The van der Waals surface area contributed by atoms with Gasteiger partial charge in [0.25, 0.3) is 5.91 Å². The summed E-state index contributed by atoms with van der Waals surface area (Å²) in [6.45, 7) is 2.93. The highest BCUT2D eigenvalue weighted by molar-refractivity contribution is 5.99. The number of amides is 2. The molecule has 0 aliphatic heterocycles. The van der Waals surface area contributed by atoms with Crippen molar-refractivity contribution in [1.82, 2.24) is 5.32 Å². The number of hydrogen-bond acceptors (Lipinski definition) is 4. The second-order valence-electron chi connectivity index (χ2n) is 5.68. The number of carbonyl (C=O) groups excluding carboxylic acids is 2. The molecule has 0 saturated carbocycles. The summed E-state index contributed by atoms with van der Waals surface area (Å²) < 4.78 is 0. The van der Waals surface area contributed by atoms with E-state index >= 15 is 0 Å². The minimum atomic E-state index is -1.30. The van der Waals surface area contributed by atoms with Gasteiger partial charge in [0.1, 0.15) is 0 Å². The molecule has 25 heavy (non-hydrogen) atoms. The van der Waals surface area contributed by atoms with Crippen LogP contribution in [0.3, 0.4) is 0 Å². The van der Waals surface area contributed by atoms with E-state index in [9.17, 15) is 29.4 Å². The van der Waals surface area contributed by atoms with Crippen molar-refractivity contribution in [1.29, 1.82) is 0 Å². The largest absolute Gasteiger partial charge is 0.478 e. The van der Waals surface area contributed by atoms with Crippen molar-refractivity contribution in [2.45, 2.75) is 20.3 Å². The molecule has 0 bridgehead atoms. The Labute approximate surface area is 144 Å². The van der Waals surface area contributed by atoms with Crippen molar-refractivity contribution >= 4 is 23.8 Å². The third-order valence-electron chi connectivity index (χ3n) is 3.41. The lowest BCUT2D eigenvalue weighted by Gasteiger charge is -2.12. The zero-order chi connectivity index (χ0) is 19.1. The average Bonchev–Trinajstić information content (AvgIpc) is 2.51. The number of aliphatic carboxylic acids is 2. The second-order valence-corrected chi connectivity index (χ2v) is 5.68. The van der Waals surface area contributed by atoms with Crippen molar-refractivity contribution in [2.24, 2.45) is 11.7 Å². The van der Waals surface area contributed by atoms with E-state index < -0.39 is 29.7 Å². The third kappa shape index (κ3) is 5.76. The molecule has 0 aliphatic carbocycles. The van der Waals surface area contributed by atoms with Crippen LogP contribution in [-0.4, -0.2) is 40.5 Å². The summed E-state index contributed by atoms with van der Waals surface area (Å²) in [6.07, 6.45) is -0.0850. The maximum absolute atomic E-state index is 11.8. The van der Waals surface area contributed by atoms with Gasteiger partial charge >= 0.3 is 11.9 Å². The van der Waals surface area contributed by atoms with Crippen molar-refractivity contribution in [3.05, 3.63) is 46.5 Å². The van der Waals surface area contributed by atoms with Crippen molar-refractivity contribution in [3.8, 4) is 0 Å². The highest BCUT2D eigenvalue weighted by Gasteiger charge is 2.23. The van der Waals surface area contributed by atoms with E-state index in [1.165, 1.54) is 24.3 Å². The van der Waals surface area contributed by atoms with Crippen LogP contribution in [0.25, 0.3) is 0 Å². The smallest absolute Gasteiger partial charge is 0.332 e. The van der Waals surface area contributed by atoms with E-state index in [1.807, 2.05) is 0 Å². The van der Waals surface area contributed by atoms with Gasteiger partial charge in [-0.05, 0) is 23.6 Å². The Morgan fingerprint density at radius 2 is 1.60 bits per heavy atom. The van der Waals surface area contributed by atoms with E-state index in [-0.39, 0.29) is 29.7 Å². The summed E-state index contributed by atoms with van der Waals surface area (Å²) in [4.78, 5) is 45.2. The van der Waals surface area contributed by atoms with E-state index in [1.54, 1.807) is 13.8 Å². The Kier molecular flexibility index (Phi) is 6.86. The molecule has 0 aliphatic rings. The molecule has 0 saturated heterocycles. The molecule has 0 spiro atoms. The standard InChI is InChI=1S/C17H20N2O6/c1-9(2)14(17(24)25)12(16(22)23)7-10-3-5-11(6-4-10)15(21)19-8-13(18)20/h3-6,9H,7-8H2,1-2H3,(H2,18,20)(H,19,21)(H,22,23)(H,24,25)/b14-12-. The first-order valence-corrected chi connectivity index (χ1v) is 7.48. The number of rotatable bonds is 8. The van der Waals surface area contributed by atoms with Crippen LogP contribution in [0.4, 0.5) is 0 Å². The number of nitrogens with two attached hydrogens (primary N) is 1. The molecule has 8 heteroatoms. The third-order valence-corrected chi connectivity index (χ3v) is 3.41. The van der Waals surface area contributed by atoms with Crippen LogP contribution in [0.15, 0.2) is 35.4 Å². The molecule has 1 aromatic carbocycles. The number of nitrogens with one attached hydrogen (secondary N) is 1. The summed E-state index contributed by atoms with van der Waals surface area (Å²) in [5.74, 6) is -4.18. The molecule has 0 atom stereocenters. The molecule has 8 nitrogen and oxygen atoms in total. The molecule has 0 unspecified atom stereocenters. The van der Waals surface area contributed by atoms with Crippen LogP contribution in [0.2, 0.25) is 0 Å². The summed E-state index contributed by atoms with van der Waals surface area (Å²) >= 11 is 0. The maximum Gasteiger partial charge on any atom is 0.332 e. The zero-order valence-corrected chi connectivity index (χ0v) is 13.9. The number of benzene rings is 1. The number of carboxylic acids is 2.